The monoisotopic (exact) mass is 332 g/mol. The van der Waals surface area contributed by atoms with Gasteiger partial charge in [-0.25, -0.2) is 0 Å². The van der Waals surface area contributed by atoms with Crippen molar-refractivity contribution in [1.29, 1.82) is 0 Å². The molecule has 0 bridgehead atoms. The maximum absolute atomic E-state index is 5.57. The third kappa shape index (κ3) is 4.31. The fourth-order valence-electron chi connectivity index (χ4n) is 2.18. The molecule has 2 atom stereocenters. The average Bonchev–Trinajstić information content (AvgIpc) is 2.96. The van der Waals surface area contributed by atoms with Crippen molar-refractivity contribution in [1.82, 2.24) is 10.6 Å². The van der Waals surface area contributed by atoms with Crippen LogP contribution in [0.25, 0.3) is 0 Å². The van der Waals surface area contributed by atoms with Crippen molar-refractivity contribution in [3.63, 3.8) is 0 Å². The van der Waals surface area contributed by atoms with E-state index in [0.29, 0.717) is 12.0 Å². The molecule has 1 aliphatic heterocycles. The lowest BCUT2D eigenvalue weighted by Crippen LogP contribution is -2.40. The van der Waals surface area contributed by atoms with Crippen molar-refractivity contribution in [3.8, 4) is 0 Å². The van der Waals surface area contributed by atoms with Gasteiger partial charge >= 0.3 is 0 Å². The Bertz CT molecular complexity index is 359. The molecule has 1 fully saturated rings. The number of ether oxygens (including phenoxy) is 1. The molecule has 5 heteroatoms. The normalized spacial score (nSPS) is 23.7. The second-order valence-electron chi connectivity index (χ2n) is 4.72. The van der Waals surface area contributed by atoms with Gasteiger partial charge < -0.3 is 15.4 Å². The lowest BCUT2D eigenvalue weighted by atomic mass is 10.0. The number of hydrogen-bond donors (Lipinski definition) is 2. The van der Waals surface area contributed by atoms with Crippen LogP contribution in [-0.4, -0.2) is 32.3 Å². The van der Waals surface area contributed by atoms with E-state index in [1.165, 1.54) is 15.8 Å². The summed E-state index contributed by atoms with van der Waals surface area (Å²) in [5.41, 5.74) is 0. The van der Waals surface area contributed by atoms with Crippen molar-refractivity contribution in [2.24, 2.45) is 5.92 Å². The molecular formula is C13H21BrN2OS. The highest BCUT2D eigenvalue weighted by atomic mass is 79.9. The summed E-state index contributed by atoms with van der Waals surface area (Å²) >= 11 is 5.27. The standard InChI is InChI=1S/C13H21BrN2OS/c1-2-3-16-13-8-17-7-10(13)5-15-6-12-4-11(14)9-18-12/h4,9-10,13,15-16H,2-3,5-8H2,1H3. The minimum atomic E-state index is 0.521. The van der Waals surface area contributed by atoms with E-state index in [4.69, 9.17) is 4.74 Å². The average molecular weight is 333 g/mol. The van der Waals surface area contributed by atoms with Crippen LogP contribution in [0.4, 0.5) is 0 Å². The van der Waals surface area contributed by atoms with Gasteiger partial charge in [-0.2, -0.15) is 0 Å². The molecule has 2 N–H and O–H groups in total. The molecule has 1 saturated heterocycles. The molecule has 0 aromatic carbocycles. The zero-order valence-electron chi connectivity index (χ0n) is 10.7. The number of nitrogens with one attached hydrogen (secondary N) is 2. The van der Waals surface area contributed by atoms with E-state index < -0.39 is 0 Å². The van der Waals surface area contributed by atoms with Gasteiger partial charge in [0.2, 0.25) is 0 Å². The Hall–Kier alpha value is 0.0600. The van der Waals surface area contributed by atoms with Crippen LogP contribution in [0.15, 0.2) is 15.9 Å². The van der Waals surface area contributed by atoms with Gasteiger partial charge in [0.25, 0.3) is 0 Å². The smallest absolute Gasteiger partial charge is 0.0623 e. The summed E-state index contributed by atoms with van der Waals surface area (Å²) in [6, 6.07) is 2.70. The number of rotatable bonds is 7. The lowest BCUT2D eigenvalue weighted by molar-refractivity contribution is 0.182. The van der Waals surface area contributed by atoms with E-state index in [2.05, 4.69) is 44.9 Å². The second-order valence-corrected chi connectivity index (χ2v) is 6.63. The minimum Gasteiger partial charge on any atom is -0.379 e. The van der Waals surface area contributed by atoms with Gasteiger partial charge in [0.15, 0.2) is 0 Å². The first kappa shape index (κ1) is 14.5. The van der Waals surface area contributed by atoms with Gasteiger partial charge in [-0.3, -0.25) is 0 Å². The Labute approximate surface area is 121 Å². The van der Waals surface area contributed by atoms with Crippen molar-refractivity contribution in [2.45, 2.75) is 25.9 Å². The van der Waals surface area contributed by atoms with Crippen LogP contribution in [0.1, 0.15) is 18.2 Å². The Balaban J connectivity index is 1.69. The number of hydrogen-bond acceptors (Lipinski definition) is 4. The molecule has 0 saturated carbocycles. The molecule has 1 aliphatic rings. The summed E-state index contributed by atoms with van der Waals surface area (Å²) in [5, 5.41) is 9.22. The number of halogens is 1. The summed E-state index contributed by atoms with van der Waals surface area (Å²) in [4.78, 5) is 1.37. The van der Waals surface area contributed by atoms with Gasteiger partial charge in [0.1, 0.15) is 0 Å². The highest BCUT2D eigenvalue weighted by molar-refractivity contribution is 9.10. The van der Waals surface area contributed by atoms with E-state index in [1.807, 2.05) is 0 Å². The molecule has 2 heterocycles. The molecule has 2 rings (SSSR count). The fourth-order valence-corrected chi connectivity index (χ4v) is 3.60. The van der Waals surface area contributed by atoms with E-state index in [0.717, 1.165) is 32.8 Å². The van der Waals surface area contributed by atoms with Gasteiger partial charge in [-0.15, -0.1) is 11.3 Å². The Kier molecular flexibility index (Phi) is 6.11. The van der Waals surface area contributed by atoms with Crippen LogP contribution in [0.2, 0.25) is 0 Å². The quantitative estimate of drug-likeness (QED) is 0.805. The zero-order valence-corrected chi connectivity index (χ0v) is 13.1. The first-order chi connectivity index (χ1) is 8.79. The van der Waals surface area contributed by atoms with E-state index in [9.17, 15) is 0 Å². The number of thiophene rings is 1. The van der Waals surface area contributed by atoms with Gasteiger partial charge in [-0.05, 0) is 35.0 Å². The summed E-state index contributed by atoms with van der Waals surface area (Å²) in [7, 11) is 0. The molecule has 2 unspecified atom stereocenters. The van der Waals surface area contributed by atoms with Crippen molar-refractivity contribution in [2.75, 3.05) is 26.3 Å². The molecule has 3 nitrogen and oxygen atoms in total. The Morgan fingerprint density at radius 1 is 1.50 bits per heavy atom. The van der Waals surface area contributed by atoms with Crippen LogP contribution in [-0.2, 0) is 11.3 Å². The molecule has 0 spiro atoms. The first-order valence-corrected chi connectivity index (χ1v) is 8.21. The molecular weight excluding hydrogens is 312 g/mol. The Morgan fingerprint density at radius 2 is 2.39 bits per heavy atom. The fraction of sp³-hybridized carbons (Fsp3) is 0.692. The van der Waals surface area contributed by atoms with Gasteiger partial charge in [0.05, 0.1) is 13.2 Å². The summed E-state index contributed by atoms with van der Waals surface area (Å²) in [5.74, 6) is 0.597. The predicted molar refractivity (Wildman–Crippen MR) is 80.1 cm³/mol. The summed E-state index contributed by atoms with van der Waals surface area (Å²) in [6.07, 6.45) is 1.18. The summed E-state index contributed by atoms with van der Waals surface area (Å²) < 4.78 is 6.74. The van der Waals surface area contributed by atoms with Gasteiger partial charge in [0, 0.05) is 39.8 Å². The Morgan fingerprint density at radius 3 is 3.11 bits per heavy atom. The molecule has 102 valence electrons. The molecule has 0 amide bonds. The van der Waals surface area contributed by atoms with Crippen molar-refractivity contribution >= 4 is 27.3 Å². The summed E-state index contributed by atoms with van der Waals surface area (Å²) in [6.45, 7) is 7.00. The highest BCUT2D eigenvalue weighted by Gasteiger charge is 2.26. The van der Waals surface area contributed by atoms with Crippen LogP contribution in [0, 0.1) is 5.92 Å². The zero-order chi connectivity index (χ0) is 12.8. The van der Waals surface area contributed by atoms with Crippen LogP contribution >= 0.6 is 27.3 Å². The van der Waals surface area contributed by atoms with Crippen molar-refractivity contribution in [3.05, 3.63) is 20.8 Å². The van der Waals surface area contributed by atoms with E-state index in [1.54, 1.807) is 11.3 Å². The third-order valence-corrected chi connectivity index (χ3v) is 4.88. The molecule has 18 heavy (non-hydrogen) atoms. The van der Waals surface area contributed by atoms with E-state index >= 15 is 0 Å². The largest absolute Gasteiger partial charge is 0.379 e. The topological polar surface area (TPSA) is 33.3 Å². The lowest BCUT2D eigenvalue weighted by Gasteiger charge is -2.19. The van der Waals surface area contributed by atoms with Crippen LogP contribution in [0.3, 0.4) is 0 Å². The van der Waals surface area contributed by atoms with Gasteiger partial charge in [-0.1, -0.05) is 6.92 Å². The maximum Gasteiger partial charge on any atom is 0.0623 e. The molecule has 0 radical (unpaired) electrons. The van der Waals surface area contributed by atoms with Crippen LogP contribution < -0.4 is 10.6 Å². The molecule has 0 aliphatic carbocycles. The minimum absolute atomic E-state index is 0.521. The predicted octanol–water partition coefficient (Wildman–Crippen LogP) is 2.61. The highest BCUT2D eigenvalue weighted by Crippen LogP contribution is 2.19. The third-order valence-electron chi connectivity index (χ3n) is 3.18. The second kappa shape index (κ2) is 7.60. The maximum atomic E-state index is 5.57. The van der Waals surface area contributed by atoms with Crippen molar-refractivity contribution < 1.29 is 4.74 Å². The molecule has 1 aromatic heterocycles. The molecule has 1 aromatic rings. The first-order valence-electron chi connectivity index (χ1n) is 6.54. The van der Waals surface area contributed by atoms with Crippen LogP contribution in [0.5, 0.6) is 0 Å². The van der Waals surface area contributed by atoms with E-state index in [-0.39, 0.29) is 0 Å². The SMILES string of the molecule is CCCNC1COCC1CNCc1cc(Br)cs1.